The molecule has 0 radical (unpaired) electrons. The second-order valence-electron chi connectivity index (χ2n) is 21.4. The van der Waals surface area contributed by atoms with E-state index in [9.17, 15) is 15.0 Å². The van der Waals surface area contributed by atoms with Crippen LogP contribution in [0.3, 0.4) is 0 Å². The summed E-state index contributed by atoms with van der Waals surface area (Å²) < 4.78 is 20.8. The van der Waals surface area contributed by atoms with Gasteiger partial charge in [-0.1, -0.05) is 137 Å². The fourth-order valence-corrected chi connectivity index (χ4v) is 11.4. The van der Waals surface area contributed by atoms with Crippen molar-refractivity contribution in [3.05, 3.63) is 96.1 Å². The average Bonchev–Trinajstić information content (AvgIpc) is 4.21. The summed E-state index contributed by atoms with van der Waals surface area (Å²) in [5.41, 5.74) is 3.07. The minimum atomic E-state index is -1.40. The van der Waals surface area contributed by atoms with Gasteiger partial charge in [-0.2, -0.15) is 0 Å². The summed E-state index contributed by atoms with van der Waals surface area (Å²) in [4.78, 5) is 37.0. The van der Waals surface area contributed by atoms with E-state index in [-0.39, 0.29) is 49.4 Å². The Labute approximate surface area is 418 Å². The van der Waals surface area contributed by atoms with E-state index in [1.165, 1.54) is 44.9 Å². The molecule has 70 heavy (non-hydrogen) atoms. The third-order valence-corrected chi connectivity index (χ3v) is 14.9. The molecule has 3 aromatic carbocycles. The molecule has 3 N–H and O–H groups in total. The van der Waals surface area contributed by atoms with Crippen LogP contribution in [-0.4, -0.2) is 76.6 Å². The largest absolute Gasteiger partial charge is 0.459 e. The van der Waals surface area contributed by atoms with E-state index in [0.717, 1.165) is 91.0 Å². The molecule has 1 heterocycles. The zero-order valence-electron chi connectivity index (χ0n) is 42.8. The van der Waals surface area contributed by atoms with Gasteiger partial charge >= 0.3 is 6.09 Å². The highest BCUT2D eigenvalue weighted by molar-refractivity contribution is 6.03. The molecule has 1 aliphatic heterocycles. The number of rotatable bonds is 28. The van der Waals surface area contributed by atoms with Crippen LogP contribution in [0.5, 0.6) is 11.5 Å². The van der Waals surface area contributed by atoms with Gasteiger partial charge in [-0.15, -0.1) is 6.58 Å². The van der Waals surface area contributed by atoms with Crippen molar-refractivity contribution in [1.82, 2.24) is 10.2 Å². The fraction of sp³-hybridized carbons (Fsp3) is 0.610. The summed E-state index contributed by atoms with van der Waals surface area (Å²) in [6.07, 6.45) is 22.3. The summed E-state index contributed by atoms with van der Waals surface area (Å²) >= 11 is 0. The lowest BCUT2D eigenvalue weighted by Gasteiger charge is -2.60. The van der Waals surface area contributed by atoms with E-state index in [1.54, 1.807) is 12.1 Å². The molecule has 0 unspecified atom stereocenters. The summed E-state index contributed by atoms with van der Waals surface area (Å²) in [6, 6.07) is 19.6. The number of benzene rings is 3. The Balaban J connectivity index is 1.29. The number of aliphatic hydroxyl groups is 2. The Bertz CT molecular complexity index is 2240. The summed E-state index contributed by atoms with van der Waals surface area (Å²) in [5, 5.41) is 30.3. The predicted octanol–water partition coefficient (Wildman–Crippen LogP) is 12.7. The van der Waals surface area contributed by atoms with Gasteiger partial charge in [0.2, 0.25) is 11.7 Å². The van der Waals surface area contributed by atoms with Crippen LogP contribution in [0.15, 0.2) is 90.1 Å². The Morgan fingerprint density at radius 2 is 1.59 bits per heavy atom. The normalized spacial score (nSPS) is 23.2. The van der Waals surface area contributed by atoms with Crippen LogP contribution < -0.4 is 14.8 Å². The monoisotopic (exact) mass is 962 g/mol. The maximum Gasteiger partial charge on any atom is 0.412 e. The van der Waals surface area contributed by atoms with Gasteiger partial charge in [0, 0.05) is 50.1 Å². The lowest BCUT2D eigenvalue weighted by molar-refractivity contribution is -0.258. The number of hydrogen-bond donors (Lipinski definition) is 3. The smallest absolute Gasteiger partial charge is 0.412 e. The highest BCUT2D eigenvalue weighted by Gasteiger charge is 2.66. The Morgan fingerprint density at radius 3 is 2.29 bits per heavy atom. The Hall–Kier alpha value is -4.71. The second kappa shape index (κ2) is 25.6. The van der Waals surface area contributed by atoms with Crippen LogP contribution in [0.4, 0.5) is 4.79 Å². The number of allylic oxidation sites excluding steroid dienone is 1. The highest BCUT2D eigenvalue weighted by atomic mass is 16.7. The number of amides is 2. The molecule has 3 aliphatic carbocycles. The number of aliphatic hydroxyl groups excluding tert-OH is 2. The van der Waals surface area contributed by atoms with E-state index in [0.29, 0.717) is 43.9 Å². The number of hydrogen-bond acceptors (Lipinski definition) is 9. The van der Waals surface area contributed by atoms with Crippen molar-refractivity contribution in [2.75, 3.05) is 26.4 Å². The molecule has 0 bridgehead atoms. The zero-order valence-corrected chi connectivity index (χ0v) is 42.8. The van der Waals surface area contributed by atoms with Crippen molar-refractivity contribution in [2.24, 2.45) is 28.8 Å². The molecule has 0 saturated heterocycles. The van der Waals surface area contributed by atoms with Crippen molar-refractivity contribution in [2.45, 2.75) is 180 Å². The van der Waals surface area contributed by atoms with Crippen molar-refractivity contribution < 1.29 is 38.9 Å². The number of oxime groups is 1. The standard InChI is InChI=1S/C59H83N3O8/c1-6-8-9-10-11-12-13-14-15-20-34-60-57(66)68-46-32-33-52-50(39-46)54-48(29-19-22-36-64)44(25-18-21-35-63)38-49-51(61-70-58(3,4)5)40-53(59(69-52,55(49)54)67-37-7-2)62(56(65)43-30-31-43)41-45-27-23-26-42-24-16-17-28-47(42)45/h7,16-17,23-24,26-28,32-33,38-39,43-44,48,53-55,63-64H,2,6,8-15,18-22,25,29-31,34-37,40-41H2,1,3-5H3,(H,60,66)/t44-,48+,53-,54+,55+,59+/m0/s1. The molecule has 2 amide bonds. The molecule has 0 spiro atoms. The molecular weight excluding hydrogens is 879 g/mol. The topological polar surface area (TPSA) is 139 Å². The van der Waals surface area contributed by atoms with Gasteiger partial charge in [-0.05, 0) is 118 Å². The van der Waals surface area contributed by atoms with E-state index in [1.807, 2.05) is 49.9 Å². The molecule has 0 aromatic heterocycles. The van der Waals surface area contributed by atoms with Crippen LogP contribution in [0.1, 0.15) is 167 Å². The van der Waals surface area contributed by atoms with Gasteiger partial charge in [-0.3, -0.25) is 4.79 Å². The fourth-order valence-electron chi connectivity index (χ4n) is 11.4. The number of carbonyl (C=O) groups excluding carboxylic acids is 2. The highest BCUT2D eigenvalue weighted by Crippen LogP contribution is 2.62. The molecule has 6 atom stereocenters. The van der Waals surface area contributed by atoms with Crippen LogP contribution >= 0.6 is 0 Å². The number of nitrogens with zero attached hydrogens (tertiary/aromatic N) is 2. The van der Waals surface area contributed by atoms with Gasteiger partial charge in [-0.25, -0.2) is 4.79 Å². The first-order valence-electron chi connectivity index (χ1n) is 27.0. The van der Waals surface area contributed by atoms with Gasteiger partial charge in [0.25, 0.3) is 0 Å². The number of carbonyl (C=O) groups is 2. The molecule has 7 rings (SSSR count). The predicted molar refractivity (Wildman–Crippen MR) is 279 cm³/mol. The van der Waals surface area contributed by atoms with E-state index >= 15 is 4.79 Å². The first-order valence-corrected chi connectivity index (χ1v) is 27.0. The average molecular weight is 962 g/mol. The molecule has 3 aromatic rings. The molecule has 11 heteroatoms. The van der Waals surface area contributed by atoms with Crippen LogP contribution in [0, 0.1) is 23.7 Å². The summed E-state index contributed by atoms with van der Waals surface area (Å²) in [5.74, 6) is -1.02. The SMILES string of the molecule is C=CCO[C@@]12Oc3ccc(OC(=O)NCCCCCCCCCCCC)cc3[C@H]3[C@H](CCCCO)[C@@H](CCCCO)C=C(C(=NOC(C)(C)C)C[C@@H]1N(Cc1cccc4ccccc14)C(=O)C1CC1)[C@H]32. The van der Waals surface area contributed by atoms with Crippen LogP contribution in [0.25, 0.3) is 10.8 Å². The maximum absolute atomic E-state index is 15.1. The molecule has 2 saturated carbocycles. The van der Waals surface area contributed by atoms with E-state index in [2.05, 4.69) is 55.2 Å². The van der Waals surface area contributed by atoms with Crippen molar-refractivity contribution in [1.29, 1.82) is 0 Å². The molecule has 2 fully saturated rings. The van der Waals surface area contributed by atoms with Crippen molar-refractivity contribution >= 4 is 28.5 Å². The first kappa shape index (κ1) is 53.1. The van der Waals surface area contributed by atoms with E-state index < -0.39 is 29.4 Å². The number of unbranched alkanes of at least 4 members (excludes halogenated alkanes) is 11. The number of nitrogens with one attached hydrogen (secondary N) is 1. The Morgan fingerprint density at radius 1 is 0.886 bits per heavy atom. The third kappa shape index (κ3) is 13.4. The Kier molecular flexibility index (Phi) is 19.4. The first-order chi connectivity index (χ1) is 34.0. The number of fused-ring (bicyclic) bond motifs is 3. The molecular formula is C59H83N3O8. The minimum absolute atomic E-state index is 0.0305. The summed E-state index contributed by atoms with van der Waals surface area (Å²) in [6.45, 7) is 13.6. The minimum Gasteiger partial charge on any atom is -0.459 e. The van der Waals surface area contributed by atoms with Crippen LogP contribution in [-0.2, 0) is 20.9 Å². The quantitative estimate of drug-likeness (QED) is 0.0371. The van der Waals surface area contributed by atoms with Gasteiger partial charge in [0.1, 0.15) is 23.1 Å². The lowest BCUT2D eigenvalue weighted by atomic mass is 9.55. The van der Waals surface area contributed by atoms with Gasteiger partial charge in [0.05, 0.1) is 18.2 Å². The molecule has 11 nitrogen and oxygen atoms in total. The van der Waals surface area contributed by atoms with Crippen molar-refractivity contribution in [3.8, 4) is 11.5 Å². The van der Waals surface area contributed by atoms with Gasteiger partial charge in [0.15, 0.2) is 0 Å². The van der Waals surface area contributed by atoms with E-state index in [4.69, 9.17) is 24.2 Å². The van der Waals surface area contributed by atoms with Crippen molar-refractivity contribution in [3.63, 3.8) is 0 Å². The third-order valence-electron chi connectivity index (χ3n) is 14.9. The lowest BCUT2D eigenvalue weighted by Crippen LogP contribution is -2.70. The number of ether oxygens (including phenoxy) is 3. The maximum atomic E-state index is 15.1. The molecule has 382 valence electrons. The second-order valence-corrected chi connectivity index (χ2v) is 21.4. The summed E-state index contributed by atoms with van der Waals surface area (Å²) in [7, 11) is 0. The van der Waals surface area contributed by atoms with Crippen LogP contribution in [0.2, 0.25) is 0 Å². The van der Waals surface area contributed by atoms with Gasteiger partial charge < -0.3 is 39.5 Å². The zero-order chi connectivity index (χ0) is 49.5. The molecule has 4 aliphatic rings.